The van der Waals surface area contributed by atoms with Gasteiger partial charge in [-0.3, -0.25) is 0 Å². The molecule has 0 aliphatic rings. The van der Waals surface area contributed by atoms with Crippen molar-refractivity contribution in [3.8, 4) is 0 Å². The molecule has 2 rings (SSSR count). The standard InChI is InChI=1S/C14H17NO2S/c1-18(16,17)10-9-15-11-13-7-4-6-12-5-2-3-8-14(12)13/h2-8,15H,9-11H2,1H3. The Bertz CT molecular complexity index is 630. The van der Waals surface area contributed by atoms with Gasteiger partial charge < -0.3 is 5.32 Å². The molecule has 2 aromatic carbocycles. The second-order valence-corrected chi connectivity index (χ2v) is 6.70. The molecular weight excluding hydrogens is 246 g/mol. The van der Waals surface area contributed by atoms with E-state index in [9.17, 15) is 8.42 Å². The summed E-state index contributed by atoms with van der Waals surface area (Å²) in [5.74, 6) is 0.178. The molecule has 0 amide bonds. The van der Waals surface area contributed by atoms with Crippen LogP contribution in [0.5, 0.6) is 0 Å². The molecule has 0 saturated heterocycles. The molecule has 0 bridgehead atoms. The predicted octanol–water partition coefficient (Wildman–Crippen LogP) is 1.97. The monoisotopic (exact) mass is 263 g/mol. The Morgan fingerprint density at radius 1 is 1.06 bits per heavy atom. The fourth-order valence-electron chi connectivity index (χ4n) is 1.93. The fraction of sp³-hybridized carbons (Fsp3) is 0.286. The molecule has 18 heavy (non-hydrogen) atoms. The Balaban J connectivity index is 2.04. The van der Waals surface area contributed by atoms with E-state index in [1.54, 1.807) is 0 Å². The minimum Gasteiger partial charge on any atom is -0.312 e. The van der Waals surface area contributed by atoms with Crippen LogP contribution in [0.25, 0.3) is 10.8 Å². The van der Waals surface area contributed by atoms with Crippen molar-refractivity contribution >= 4 is 20.6 Å². The summed E-state index contributed by atoms with van der Waals surface area (Å²) in [5.41, 5.74) is 1.20. The van der Waals surface area contributed by atoms with Crippen LogP contribution in [-0.2, 0) is 16.4 Å². The highest BCUT2D eigenvalue weighted by molar-refractivity contribution is 7.90. The highest BCUT2D eigenvalue weighted by Crippen LogP contribution is 2.17. The molecular formula is C14H17NO2S. The van der Waals surface area contributed by atoms with Crippen molar-refractivity contribution < 1.29 is 8.42 Å². The third-order valence-corrected chi connectivity index (χ3v) is 3.79. The van der Waals surface area contributed by atoms with Gasteiger partial charge in [0.25, 0.3) is 0 Å². The number of nitrogens with one attached hydrogen (secondary N) is 1. The summed E-state index contributed by atoms with van der Waals surface area (Å²) in [4.78, 5) is 0. The van der Waals surface area contributed by atoms with Gasteiger partial charge in [0.05, 0.1) is 5.75 Å². The van der Waals surface area contributed by atoms with E-state index in [0.717, 1.165) is 0 Å². The summed E-state index contributed by atoms with van der Waals surface area (Å²) in [6.07, 6.45) is 1.26. The van der Waals surface area contributed by atoms with E-state index in [4.69, 9.17) is 0 Å². The Morgan fingerprint density at radius 3 is 2.56 bits per heavy atom. The molecule has 1 N–H and O–H groups in total. The largest absolute Gasteiger partial charge is 0.312 e. The minimum atomic E-state index is -2.88. The van der Waals surface area contributed by atoms with E-state index in [-0.39, 0.29) is 5.75 Å². The topological polar surface area (TPSA) is 46.2 Å². The average molecular weight is 263 g/mol. The maximum absolute atomic E-state index is 11.0. The SMILES string of the molecule is CS(=O)(=O)CCNCc1cccc2ccccc12. The van der Waals surface area contributed by atoms with Crippen LogP contribution in [0.4, 0.5) is 0 Å². The predicted molar refractivity (Wildman–Crippen MR) is 75.4 cm³/mol. The number of hydrogen-bond donors (Lipinski definition) is 1. The second kappa shape index (κ2) is 5.50. The first-order chi connectivity index (χ1) is 8.56. The zero-order chi connectivity index (χ0) is 13.0. The van der Waals surface area contributed by atoms with E-state index >= 15 is 0 Å². The first-order valence-electron chi connectivity index (χ1n) is 5.91. The smallest absolute Gasteiger partial charge is 0.148 e. The van der Waals surface area contributed by atoms with Crippen molar-refractivity contribution in [3.63, 3.8) is 0 Å². The van der Waals surface area contributed by atoms with Crippen LogP contribution in [0.15, 0.2) is 42.5 Å². The molecule has 0 spiro atoms. The van der Waals surface area contributed by atoms with Gasteiger partial charge in [-0.2, -0.15) is 0 Å². The van der Waals surface area contributed by atoms with Gasteiger partial charge in [-0.25, -0.2) is 8.42 Å². The molecule has 4 heteroatoms. The van der Waals surface area contributed by atoms with E-state index in [1.807, 2.05) is 18.2 Å². The number of fused-ring (bicyclic) bond motifs is 1. The average Bonchev–Trinajstić information content (AvgIpc) is 2.33. The van der Waals surface area contributed by atoms with E-state index < -0.39 is 9.84 Å². The molecule has 0 aromatic heterocycles. The fourth-order valence-corrected chi connectivity index (χ4v) is 2.44. The summed E-state index contributed by atoms with van der Waals surface area (Å²) in [5, 5.41) is 5.59. The second-order valence-electron chi connectivity index (χ2n) is 4.44. The lowest BCUT2D eigenvalue weighted by atomic mass is 10.0. The first-order valence-corrected chi connectivity index (χ1v) is 7.97. The van der Waals surface area contributed by atoms with Gasteiger partial charge in [-0.1, -0.05) is 42.5 Å². The highest BCUT2D eigenvalue weighted by atomic mass is 32.2. The number of rotatable bonds is 5. The molecule has 0 fully saturated rings. The summed E-state index contributed by atoms with van der Waals surface area (Å²) in [6, 6.07) is 14.4. The zero-order valence-electron chi connectivity index (χ0n) is 10.4. The molecule has 3 nitrogen and oxygen atoms in total. The normalized spacial score (nSPS) is 11.8. The van der Waals surface area contributed by atoms with Crippen molar-refractivity contribution in [2.24, 2.45) is 0 Å². The van der Waals surface area contributed by atoms with E-state index in [0.29, 0.717) is 13.1 Å². The summed E-state index contributed by atoms with van der Waals surface area (Å²) in [7, 11) is -2.88. The first kappa shape index (κ1) is 13.1. The molecule has 96 valence electrons. The lowest BCUT2D eigenvalue weighted by Gasteiger charge is -2.07. The Morgan fingerprint density at radius 2 is 1.78 bits per heavy atom. The van der Waals surface area contributed by atoms with Crippen molar-refractivity contribution in [3.05, 3.63) is 48.0 Å². The van der Waals surface area contributed by atoms with Crippen molar-refractivity contribution in [2.45, 2.75) is 6.54 Å². The molecule has 0 aliphatic heterocycles. The van der Waals surface area contributed by atoms with Crippen LogP contribution in [0.3, 0.4) is 0 Å². The third-order valence-electron chi connectivity index (χ3n) is 2.85. The van der Waals surface area contributed by atoms with E-state index in [1.165, 1.54) is 22.6 Å². The molecule has 0 atom stereocenters. The molecule has 0 radical (unpaired) electrons. The number of sulfone groups is 1. The van der Waals surface area contributed by atoms with Gasteiger partial charge in [0.15, 0.2) is 0 Å². The van der Waals surface area contributed by atoms with Gasteiger partial charge in [-0.15, -0.1) is 0 Å². The van der Waals surface area contributed by atoms with Crippen LogP contribution in [0.1, 0.15) is 5.56 Å². The van der Waals surface area contributed by atoms with Gasteiger partial charge in [-0.05, 0) is 16.3 Å². The zero-order valence-corrected chi connectivity index (χ0v) is 11.2. The minimum absolute atomic E-state index is 0.178. The quantitative estimate of drug-likeness (QED) is 0.839. The Hall–Kier alpha value is -1.39. The Kier molecular flexibility index (Phi) is 3.99. The maximum atomic E-state index is 11.0. The summed E-state index contributed by atoms with van der Waals surface area (Å²) < 4.78 is 22.0. The van der Waals surface area contributed by atoms with Crippen molar-refractivity contribution in [1.29, 1.82) is 0 Å². The summed E-state index contributed by atoms with van der Waals surface area (Å²) >= 11 is 0. The lowest BCUT2D eigenvalue weighted by molar-refractivity contribution is 0.596. The van der Waals surface area contributed by atoms with Crippen LogP contribution in [0.2, 0.25) is 0 Å². The Labute approximate surface area is 108 Å². The van der Waals surface area contributed by atoms with Crippen molar-refractivity contribution in [1.82, 2.24) is 5.32 Å². The van der Waals surface area contributed by atoms with Crippen LogP contribution in [0, 0.1) is 0 Å². The van der Waals surface area contributed by atoms with Gasteiger partial charge in [0.2, 0.25) is 0 Å². The molecule has 0 aliphatic carbocycles. The number of benzene rings is 2. The van der Waals surface area contributed by atoms with E-state index in [2.05, 4.69) is 29.6 Å². The molecule has 0 unspecified atom stereocenters. The summed E-state index contributed by atoms with van der Waals surface area (Å²) in [6.45, 7) is 1.18. The lowest BCUT2D eigenvalue weighted by Crippen LogP contribution is -2.22. The molecule has 0 saturated carbocycles. The van der Waals surface area contributed by atoms with Gasteiger partial charge >= 0.3 is 0 Å². The van der Waals surface area contributed by atoms with Gasteiger partial charge in [0.1, 0.15) is 9.84 Å². The maximum Gasteiger partial charge on any atom is 0.148 e. The molecule has 0 heterocycles. The van der Waals surface area contributed by atoms with Crippen LogP contribution < -0.4 is 5.32 Å². The van der Waals surface area contributed by atoms with Gasteiger partial charge in [0, 0.05) is 19.3 Å². The molecule has 2 aromatic rings. The van der Waals surface area contributed by atoms with Crippen molar-refractivity contribution in [2.75, 3.05) is 18.6 Å². The van der Waals surface area contributed by atoms with Crippen LogP contribution >= 0.6 is 0 Å². The van der Waals surface area contributed by atoms with Crippen LogP contribution in [-0.4, -0.2) is 27.0 Å². The highest BCUT2D eigenvalue weighted by Gasteiger charge is 2.02. The number of hydrogen-bond acceptors (Lipinski definition) is 3. The third kappa shape index (κ3) is 3.55.